The summed E-state index contributed by atoms with van der Waals surface area (Å²) >= 11 is 0. The van der Waals surface area contributed by atoms with Crippen LogP contribution in [-0.4, -0.2) is 16.2 Å². The van der Waals surface area contributed by atoms with Crippen LogP contribution in [-0.2, 0) is 5.41 Å². The van der Waals surface area contributed by atoms with Crippen LogP contribution in [0.15, 0.2) is 182 Å². The molecule has 5 heteroatoms. The maximum atomic E-state index is 9.26. The van der Waals surface area contributed by atoms with Gasteiger partial charge in [0.15, 0.2) is 0 Å². The Morgan fingerprint density at radius 2 is 1.33 bits per heavy atom. The molecule has 0 saturated carbocycles. The number of benzene rings is 7. The summed E-state index contributed by atoms with van der Waals surface area (Å²) in [6.07, 6.45) is 1.85. The van der Waals surface area contributed by atoms with Gasteiger partial charge in [0, 0.05) is 47.3 Å². The normalized spacial score (nSPS) is 15.3. The average Bonchev–Trinajstić information content (AvgIpc) is 3.88. The van der Waals surface area contributed by atoms with Crippen LogP contribution in [0.3, 0.4) is 0 Å². The topological polar surface area (TPSA) is 33.5 Å². The Morgan fingerprint density at radius 3 is 2.12 bits per heavy atom. The Hall–Kier alpha value is -7.11. The molecule has 0 bridgehead atoms. The lowest BCUT2D eigenvalue weighted by molar-refractivity contribution is 0.482. The summed E-state index contributed by atoms with van der Waals surface area (Å²) in [7, 11) is 0. The van der Waals surface area contributed by atoms with Gasteiger partial charge in [-0.3, -0.25) is 4.57 Å². The van der Waals surface area contributed by atoms with E-state index in [-0.39, 0.29) is 40.9 Å². The maximum Gasteiger partial charge on any atom is 0.137 e. The third-order valence-corrected chi connectivity index (χ3v) is 11.2. The van der Waals surface area contributed by atoms with E-state index < -0.39 is 48.2 Å². The van der Waals surface area contributed by atoms with Gasteiger partial charge < -0.3 is 14.5 Å². The van der Waals surface area contributed by atoms with Crippen LogP contribution in [0.4, 0.5) is 22.7 Å². The van der Waals surface area contributed by atoms with Crippen molar-refractivity contribution < 1.29 is 18.4 Å². The predicted molar refractivity (Wildman–Crippen MR) is 251 cm³/mol. The Balaban J connectivity index is 1.13. The van der Waals surface area contributed by atoms with Crippen LogP contribution in [0.25, 0.3) is 49.9 Å². The van der Waals surface area contributed by atoms with Crippen LogP contribution >= 0.6 is 0 Å². The molecule has 0 radical (unpaired) electrons. The number of para-hydroxylation sites is 4. The second kappa shape index (κ2) is 14.9. The molecule has 60 heavy (non-hydrogen) atoms. The molecule has 0 amide bonds. The minimum absolute atomic E-state index is 0.0537. The van der Waals surface area contributed by atoms with Crippen molar-refractivity contribution in [2.75, 3.05) is 16.5 Å². The van der Waals surface area contributed by atoms with Crippen molar-refractivity contribution >= 4 is 44.6 Å². The highest BCUT2D eigenvalue weighted by molar-refractivity contribution is 6.09. The second-order valence-corrected chi connectivity index (χ2v) is 16.3. The highest BCUT2D eigenvalue weighted by Crippen LogP contribution is 2.50. The lowest BCUT2D eigenvalue weighted by atomic mass is 9.88. The molecule has 3 heterocycles. The lowest BCUT2D eigenvalue weighted by Gasteiger charge is -2.27. The lowest BCUT2D eigenvalue weighted by Crippen LogP contribution is -2.25. The van der Waals surface area contributed by atoms with E-state index in [1.165, 1.54) is 6.07 Å². The summed E-state index contributed by atoms with van der Waals surface area (Å²) in [5.74, 6) is 0.781. The first-order chi connectivity index (χ1) is 33.2. The van der Waals surface area contributed by atoms with Gasteiger partial charge in [-0.2, -0.15) is 0 Å². The number of ether oxygens (including phenoxy) is 1. The van der Waals surface area contributed by atoms with Gasteiger partial charge in [-0.1, -0.05) is 144 Å². The van der Waals surface area contributed by atoms with Crippen LogP contribution < -0.4 is 14.5 Å². The zero-order valence-corrected chi connectivity index (χ0v) is 34.0. The molecule has 5 nitrogen and oxygen atoms in total. The van der Waals surface area contributed by atoms with Gasteiger partial charge in [0.1, 0.15) is 24.0 Å². The standard InChI is InChI=1S/C55H48N4O/c1-37(2)40-31-42(34-44(32-40)60-43-27-28-48-47-21-12-13-24-49(47)59(52(48)35-43)53-33-41(29-30-56-53)55(3,4)5)57-36-58(51-26-15-14-25-50(51)57)54-45(38-17-8-6-9-18-38)22-16-23-46(54)39-19-10-7-11-20-39/h6-35,37H,36H2,1-5H3/i6D,7D,8D,9D,10D,11D,17D,18D,19D,37D. The van der Waals surface area contributed by atoms with Crippen molar-refractivity contribution in [3.05, 3.63) is 193 Å². The molecule has 10 rings (SSSR count). The SMILES string of the molecule is [2H]c1cc(-c2cccc(-c3c([2H])c([2H])c([2H])c([2H])c3[2H])c2N2CN(c3cc(Oc4ccc5c6ccccc6n(-c6cc(C(C)(C)C)ccn6)c5c4)cc(C([2H])(C)C)c3)c3ccccc32)c([2H])c([2H])c1[2H]. The van der Waals surface area contributed by atoms with Gasteiger partial charge in [0.25, 0.3) is 0 Å². The van der Waals surface area contributed by atoms with Crippen molar-refractivity contribution in [2.24, 2.45) is 0 Å². The molecule has 0 unspecified atom stereocenters. The first-order valence-electron chi connectivity index (χ1n) is 25.0. The van der Waals surface area contributed by atoms with Gasteiger partial charge >= 0.3 is 0 Å². The second-order valence-electron chi connectivity index (χ2n) is 16.3. The molecule has 2 aromatic heterocycles. The zero-order valence-electron chi connectivity index (χ0n) is 44.0. The quantitative estimate of drug-likeness (QED) is 0.153. The van der Waals surface area contributed by atoms with Crippen LogP contribution in [0.2, 0.25) is 0 Å². The van der Waals surface area contributed by atoms with E-state index in [2.05, 4.69) is 54.5 Å². The summed E-state index contributed by atoms with van der Waals surface area (Å²) in [4.78, 5) is 8.84. The Kier molecular flexibility index (Phi) is 6.85. The first kappa shape index (κ1) is 27.6. The summed E-state index contributed by atoms with van der Waals surface area (Å²) < 4.78 is 96.6. The molecule has 7 aromatic carbocycles. The molecular weight excluding hydrogens is 733 g/mol. The van der Waals surface area contributed by atoms with E-state index >= 15 is 0 Å². The third kappa shape index (κ3) is 6.66. The predicted octanol–water partition coefficient (Wildman–Crippen LogP) is 15.0. The summed E-state index contributed by atoms with van der Waals surface area (Å²) in [5, 5.41) is 2.11. The number of fused-ring (bicyclic) bond motifs is 4. The van der Waals surface area contributed by atoms with Crippen molar-refractivity contribution in [3.8, 4) is 39.6 Å². The Bertz CT molecular complexity index is 3590. The number of hydrogen-bond acceptors (Lipinski definition) is 4. The zero-order chi connectivity index (χ0) is 49.7. The van der Waals surface area contributed by atoms with E-state index in [9.17, 15) is 1.37 Å². The highest BCUT2D eigenvalue weighted by Gasteiger charge is 2.32. The summed E-state index contributed by atoms with van der Waals surface area (Å²) in [6, 6.07) is 34.5. The molecule has 1 aliphatic heterocycles. The first-order valence-corrected chi connectivity index (χ1v) is 20.0. The molecular formula is C55H48N4O. The Morgan fingerprint density at radius 1 is 0.633 bits per heavy atom. The molecule has 0 fully saturated rings. The van der Waals surface area contributed by atoms with E-state index in [1.807, 2.05) is 97.7 Å². The van der Waals surface area contributed by atoms with E-state index in [1.54, 1.807) is 18.2 Å². The van der Waals surface area contributed by atoms with Gasteiger partial charge in [0.05, 0.1) is 40.4 Å². The number of rotatable bonds is 8. The van der Waals surface area contributed by atoms with Crippen LogP contribution in [0.1, 0.15) is 65.3 Å². The molecule has 0 aliphatic carbocycles. The minimum Gasteiger partial charge on any atom is -0.457 e. The number of pyridine rings is 1. The molecule has 9 aromatic rings. The fourth-order valence-electron chi connectivity index (χ4n) is 8.18. The van der Waals surface area contributed by atoms with Crippen molar-refractivity contribution in [1.82, 2.24) is 9.55 Å². The molecule has 0 N–H and O–H groups in total. The van der Waals surface area contributed by atoms with Crippen molar-refractivity contribution in [3.63, 3.8) is 0 Å². The number of aromatic nitrogens is 2. The molecule has 294 valence electrons. The van der Waals surface area contributed by atoms with Gasteiger partial charge in [-0.05, 0) is 88.2 Å². The molecule has 0 atom stereocenters. The Labute approximate surface area is 366 Å². The largest absolute Gasteiger partial charge is 0.457 e. The number of nitrogens with zero attached hydrogens (tertiary/aromatic N) is 4. The third-order valence-electron chi connectivity index (χ3n) is 11.2. The monoisotopic (exact) mass is 790 g/mol. The van der Waals surface area contributed by atoms with E-state index in [0.29, 0.717) is 39.7 Å². The number of anilines is 4. The highest BCUT2D eigenvalue weighted by atomic mass is 16.5. The molecule has 1 aliphatic rings. The molecule has 0 saturated heterocycles. The number of hydrogen-bond donors (Lipinski definition) is 0. The van der Waals surface area contributed by atoms with Crippen molar-refractivity contribution in [1.29, 1.82) is 0 Å². The van der Waals surface area contributed by atoms with Gasteiger partial charge in [-0.15, -0.1) is 0 Å². The average molecular weight is 791 g/mol. The van der Waals surface area contributed by atoms with Gasteiger partial charge in [0.2, 0.25) is 0 Å². The fraction of sp³-hybridized carbons (Fsp3) is 0.145. The smallest absolute Gasteiger partial charge is 0.137 e. The van der Waals surface area contributed by atoms with E-state index in [0.717, 1.165) is 38.9 Å². The van der Waals surface area contributed by atoms with Crippen molar-refractivity contribution in [2.45, 2.75) is 45.9 Å². The van der Waals surface area contributed by atoms with Crippen LogP contribution in [0, 0.1) is 0 Å². The fourth-order valence-corrected chi connectivity index (χ4v) is 8.18. The maximum absolute atomic E-state index is 9.26. The molecule has 0 spiro atoms. The summed E-state index contributed by atoms with van der Waals surface area (Å²) in [6.45, 7) is 10.3. The minimum atomic E-state index is -1.07. The summed E-state index contributed by atoms with van der Waals surface area (Å²) in [5.41, 5.74) is 6.91. The van der Waals surface area contributed by atoms with E-state index in [4.69, 9.17) is 22.1 Å². The van der Waals surface area contributed by atoms with Gasteiger partial charge in [-0.25, -0.2) is 4.98 Å². The van der Waals surface area contributed by atoms with Crippen LogP contribution in [0.5, 0.6) is 11.5 Å².